The molecule has 0 amide bonds. The maximum absolute atomic E-state index is 14.6. The minimum absolute atomic E-state index is 0.0373. The summed E-state index contributed by atoms with van der Waals surface area (Å²) < 4.78 is 65.8. The van der Waals surface area contributed by atoms with Gasteiger partial charge in [-0.25, -0.2) is 9.18 Å². The fraction of sp³-hybridized carbons (Fsp3) is 0.333. The SMILES string of the molecule is O=c1nc(OCc2ccc(Oc3cccc(C(F)(F)F)c3)c(F)c2)cc2n1CC13CC(CN21)C3. The largest absolute Gasteiger partial charge is 0.473 e. The van der Waals surface area contributed by atoms with Gasteiger partial charge in [0, 0.05) is 12.6 Å². The molecule has 7 rings (SSSR count). The molecule has 1 saturated carbocycles. The Kier molecular flexibility index (Phi) is 4.46. The molecule has 4 aliphatic rings. The van der Waals surface area contributed by atoms with Crippen LogP contribution in [0.2, 0.25) is 0 Å². The van der Waals surface area contributed by atoms with Crippen molar-refractivity contribution in [1.82, 2.24) is 9.55 Å². The number of rotatable bonds is 5. The van der Waals surface area contributed by atoms with Gasteiger partial charge in [0.05, 0.1) is 17.6 Å². The standard InChI is InChI=1S/C24H19F4N3O3/c25-18-6-14(4-5-19(18)34-17-3-1-2-16(7-17)24(26,27)28)12-33-20-8-21-30(22(32)29-20)13-23-9-15(10-23)11-31(21)23/h1-8,15H,9-13H2. The lowest BCUT2D eigenvalue weighted by Crippen LogP contribution is -2.44. The Labute approximate surface area is 191 Å². The molecule has 3 aliphatic heterocycles. The van der Waals surface area contributed by atoms with Crippen LogP contribution >= 0.6 is 0 Å². The molecule has 1 aromatic heterocycles. The van der Waals surface area contributed by atoms with Crippen molar-refractivity contribution in [2.24, 2.45) is 5.92 Å². The maximum Gasteiger partial charge on any atom is 0.416 e. The lowest BCUT2D eigenvalue weighted by Gasteiger charge is -2.37. The topological polar surface area (TPSA) is 56.6 Å². The van der Waals surface area contributed by atoms with E-state index < -0.39 is 17.6 Å². The minimum atomic E-state index is -4.52. The number of nitrogens with zero attached hydrogens (tertiary/aromatic N) is 3. The summed E-state index contributed by atoms with van der Waals surface area (Å²) in [6.07, 6.45) is -2.33. The number of hydrogen-bond acceptors (Lipinski definition) is 5. The average Bonchev–Trinajstić information content (AvgIpc) is 3.40. The molecule has 2 aromatic carbocycles. The van der Waals surface area contributed by atoms with Crippen LogP contribution in [-0.4, -0.2) is 21.6 Å². The highest BCUT2D eigenvalue weighted by atomic mass is 19.4. The summed E-state index contributed by atoms with van der Waals surface area (Å²) in [6.45, 7) is 1.55. The van der Waals surface area contributed by atoms with Crippen LogP contribution in [0.15, 0.2) is 53.3 Å². The van der Waals surface area contributed by atoms with E-state index in [0.29, 0.717) is 18.0 Å². The summed E-state index contributed by atoms with van der Waals surface area (Å²) in [6, 6.07) is 10.0. The molecule has 6 nitrogen and oxygen atoms in total. The molecule has 2 saturated heterocycles. The van der Waals surface area contributed by atoms with E-state index in [9.17, 15) is 22.4 Å². The predicted molar refractivity (Wildman–Crippen MR) is 114 cm³/mol. The number of aromatic nitrogens is 2. The zero-order valence-corrected chi connectivity index (χ0v) is 17.8. The Bertz CT molecular complexity index is 1350. The first-order valence-electron chi connectivity index (χ1n) is 10.9. The Hall–Kier alpha value is -3.56. The Balaban J connectivity index is 1.16. The number of benzene rings is 2. The third-order valence-corrected chi connectivity index (χ3v) is 6.82. The Morgan fingerprint density at radius 1 is 1.12 bits per heavy atom. The molecule has 1 aliphatic carbocycles. The number of ether oxygens (including phenoxy) is 2. The maximum atomic E-state index is 14.6. The lowest BCUT2D eigenvalue weighted by atomic mass is 9.74. The number of anilines is 1. The summed E-state index contributed by atoms with van der Waals surface area (Å²) in [4.78, 5) is 18.8. The minimum Gasteiger partial charge on any atom is -0.473 e. The second-order valence-corrected chi connectivity index (χ2v) is 9.11. The molecule has 0 N–H and O–H groups in total. The second-order valence-electron chi connectivity index (χ2n) is 9.11. The van der Waals surface area contributed by atoms with Gasteiger partial charge in [0.1, 0.15) is 18.2 Å². The number of alkyl halides is 3. The Morgan fingerprint density at radius 2 is 1.94 bits per heavy atom. The zero-order valence-electron chi connectivity index (χ0n) is 17.8. The summed E-state index contributed by atoms with van der Waals surface area (Å²) in [5, 5.41) is 0. The molecule has 1 spiro atoms. The molecule has 10 heteroatoms. The van der Waals surface area contributed by atoms with Crippen molar-refractivity contribution in [1.29, 1.82) is 0 Å². The molecule has 4 heterocycles. The van der Waals surface area contributed by atoms with E-state index >= 15 is 0 Å². The first kappa shape index (κ1) is 21.0. The molecular formula is C24H19F4N3O3. The van der Waals surface area contributed by atoms with Gasteiger partial charge in [-0.05, 0) is 54.7 Å². The number of hydrogen-bond donors (Lipinski definition) is 0. The van der Waals surface area contributed by atoms with E-state index in [2.05, 4.69) is 9.88 Å². The molecule has 0 atom stereocenters. The van der Waals surface area contributed by atoms with Crippen molar-refractivity contribution in [2.45, 2.75) is 37.7 Å². The number of halogens is 4. The zero-order chi connectivity index (χ0) is 23.7. The average molecular weight is 473 g/mol. The van der Waals surface area contributed by atoms with Gasteiger partial charge in [-0.15, -0.1) is 0 Å². The first-order chi connectivity index (χ1) is 16.2. The van der Waals surface area contributed by atoms with E-state index in [1.54, 1.807) is 10.6 Å². The van der Waals surface area contributed by atoms with Crippen molar-refractivity contribution < 1.29 is 27.0 Å². The van der Waals surface area contributed by atoms with Gasteiger partial charge in [-0.1, -0.05) is 12.1 Å². The van der Waals surface area contributed by atoms with Crippen molar-refractivity contribution in [3.8, 4) is 17.4 Å². The molecule has 3 fully saturated rings. The molecule has 34 heavy (non-hydrogen) atoms. The van der Waals surface area contributed by atoms with Crippen LogP contribution in [0.25, 0.3) is 0 Å². The van der Waals surface area contributed by atoms with Gasteiger partial charge >= 0.3 is 11.9 Å². The van der Waals surface area contributed by atoms with Gasteiger partial charge in [0.25, 0.3) is 0 Å². The van der Waals surface area contributed by atoms with E-state index in [0.717, 1.165) is 37.3 Å². The smallest absolute Gasteiger partial charge is 0.416 e. The molecule has 2 bridgehead atoms. The van der Waals surface area contributed by atoms with Crippen molar-refractivity contribution in [3.63, 3.8) is 0 Å². The van der Waals surface area contributed by atoms with E-state index in [1.165, 1.54) is 30.3 Å². The van der Waals surface area contributed by atoms with Crippen LogP contribution in [0.4, 0.5) is 23.4 Å². The molecular weight excluding hydrogens is 454 g/mol. The van der Waals surface area contributed by atoms with Gasteiger partial charge in [-0.2, -0.15) is 18.2 Å². The van der Waals surface area contributed by atoms with Crippen LogP contribution in [0.1, 0.15) is 24.0 Å². The summed E-state index contributed by atoms with van der Waals surface area (Å²) in [5.74, 6) is 0.571. The van der Waals surface area contributed by atoms with Crippen LogP contribution in [0.5, 0.6) is 17.4 Å². The Morgan fingerprint density at radius 3 is 2.71 bits per heavy atom. The first-order valence-corrected chi connectivity index (χ1v) is 10.9. The molecule has 3 aromatic rings. The third kappa shape index (κ3) is 3.39. The fourth-order valence-corrected chi connectivity index (χ4v) is 5.32. The normalized spacial score (nSPS) is 22.2. The van der Waals surface area contributed by atoms with Gasteiger partial charge in [0.2, 0.25) is 5.88 Å². The van der Waals surface area contributed by atoms with Gasteiger partial charge in [-0.3, -0.25) is 4.57 Å². The highest BCUT2D eigenvalue weighted by Crippen LogP contribution is 2.56. The van der Waals surface area contributed by atoms with E-state index in [-0.39, 0.29) is 35.2 Å². The monoisotopic (exact) mass is 473 g/mol. The van der Waals surface area contributed by atoms with Crippen molar-refractivity contribution in [3.05, 3.63) is 76.0 Å². The summed E-state index contributed by atoms with van der Waals surface area (Å²) in [7, 11) is 0. The molecule has 0 unspecified atom stereocenters. The van der Waals surface area contributed by atoms with Crippen LogP contribution < -0.4 is 20.1 Å². The van der Waals surface area contributed by atoms with Crippen LogP contribution in [0, 0.1) is 11.7 Å². The quantitative estimate of drug-likeness (QED) is 0.501. The number of fused-ring (bicyclic) bond motifs is 1. The van der Waals surface area contributed by atoms with Crippen molar-refractivity contribution in [2.75, 3.05) is 11.4 Å². The second kappa shape index (κ2) is 7.22. The van der Waals surface area contributed by atoms with Crippen molar-refractivity contribution >= 4 is 5.82 Å². The lowest BCUT2D eigenvalue weighted by molar-refractivity contribution is -0.137. The highest BCUT2D eigenvalue weighted by molar-refractivity contribution is 5.54. The third-order valence-electron chi connectivity index (χ3n) is 6.82. The summed E-state index contributed by atoms with van der Waals surface area (Å²) >= 11 is 0. The van der Waals surface area contributed by atoms with Gasteiger partial charge < -0.3 is 14.4 Å². The van der Waals surface area contributed by atoms with E-state index in [1.807, 2.05) is 0 Å². The molecule has 176 valence electrons. The highest BCUT2D eigenvalue weighted by Gasteiger charge is 2.60. The van der Waals surface area contributed by atoms with Crippen LogP contribution in [0.3, 0.4) is 0 Å². The van der Waals surface area contributed by atoms with E-state index in [4.69, 9.17) is 9.47 Å². The summed E-state index contributed by atoms with van der Waals surface area (Å²) in [5.41, 5.74) is -0.743. The molecule has 0 radical (unpaired) electrons. The van der Waals surface area contributed by atoms with Gasteiger partial charge in [0.15, 0.2) is 11.6 Å². The van der Waals surface area contributed by atoms with Crippen LogP contribution in [-0.2, 0) is 19.3 Å². The predicted octanol–water partition coefficient (Wildman–Crippen LogP) is 4.75. The fourth-order valence-electron chi connectivity index (χ4n) is 5.32.